The predicted octanol–water partition coefficient (Wildman–Crippen LogP) is 2.86. The summed E-state index contributed by atoms with van der Waals surface area (Å²) < 4.78 is 0. The van der Waals surface area contributed by atoms with Crippen molar-refractivity contribution in [3.05, 3.63) is 28.8 Å². The van der Waals surface area contributed by atoms with Gasteiger partial charge in [-0.25, -0.2) is 4.79 Å². The summed E-state index contributed by atoms with van der Waals surface area (Å²) in [4.78, 5) is 14.5. The molecule has 2 aliphatic rings. The molecule has 3 atom stereocenters. The van der Waals surface area contributed by atoms with E-state index in [9.17, 15) is 4.79 Å². The number of urea groups is 1. The van der Waals surface area contributed by atoms with E-state index in [2.05, 4.69) is 17.6 Å². The van der Waals surface area contributed by atoms with E-state index in [1.54, 1.807) is 6.07 Å². The van der Waals surface area contributed by atoms with Crippen LogP contribution < -0.4 is 10.6 Å². The van der Waals surface area contributed by atoms with Crippen LogP contribution >= 0.6 is 11.6 Å². The Morgan fingerprint density at radius 1 is 1.45 bits per heavy atom. The number of hydrogen-bond donors (Lipinski definition) is 2. The third-order valence-corrected chi connectivity index (χ3v) is 4.84. The molecule has 0 saturated carbocycles. The zero-order chi connectivity index (χ0) is 14.3. The van der Waals surface area contributed by atoms with Gasteiger partial charge in [-0.2, -0.15) is 0 Å². The largest absolute Gasteiger partial charge is 0.322 e. The van der Waals surface area contributed by atoms with E-state index in [1.165, 1.54) is 0 Å². The van der Waals surface area contributed by atoms with Crippen LogP contribution in [0.2, 0.25) is 5.02 Å². The molecule has 2 aliphatic heterocycles. The van der Waals surface area contributed by atoms with E-state index < -0.39 is 0 Å². The number of amides is 2. The number of carbonyl (C=O) groups excluding carboxylic acids is 1. The van der Waals surface area contributed by atoms with Gasteiger partial charge in [0.05, 0.1) is 6.04 Å². The minimum absolute atomic E-state index is 0.0198. The van der Waals surface area contributed by atoms with Crippen molar-refractivity contribution in [2.75, 3.05) is 18.4 Å². The number of likely N-dealkylation sites (tertiary alicyclic amines) is 1. The topological polar surface area (TPSA) is 44.4 Å². The number of rotatable bonds is 1. The van der Waals surface area contributed by atoms with E-state index in [-0.39, 0.29) is 6.03 Å². The third kappa shape index (κ3) is 2.38. The van der Waals surface area contributed by atoms with Crippen molar-refractivity contribution < 1.29 is 4.79 Å². The molecule has 2 heterocycles. The van der Waals surface area contributed by atoms with Gasteiger partial charge in [-0.05, 0) is 43.9 Å². The molecule has 0 radical (unpaired) electrons. The van der Waals surface area contributed by atoms with Gasteiger partial charge in [0, 0.05) is 29.8 Å². The standard InChI is InChI=1S/C15H20ClN3O/c1-9-3-4-12(6-13(9)16)18-15(20)19-10(2)5-11-7-17-8-14(11)19/h3-4,6,10-11,14,17H,5,7-8H2,1-2H3,(H,18,20). The molecule has 5 heteroatoms. The zero-order valence-electron chi connectivity index (χ0n) is 11.8. The van der Waals surface area contributed by atoms with Gasteiger partial charge in [0.15, 0.2) is 0 Å². The third-order valence-electron chi connectivity index (χ3n) is 4.44. The Morgan fingerprint density at radius 3 is 3.00 bits per heavy atom. The van der Waals surface area contributed by atoms with Crippen molar-refractivity contribution in [2.45, 2.75) is 32.4 Å². The molecule has 2 fully saturated rings. The van der Waals surface area contributed by atoms with E-state index in [0.717, 1.165) is 30.8 Å². The summed E-state index contributed by atoms with van der Waals surface area (Å²) in [5, 5.41) is 7.02. The van der Waals surface area contributed by atoms with Crippen molar-refractivity contribution in [3.8, 4) is 0 Å². The highest BCUT2D eigenvalue weighted by atomic mass is 35.5. The highest BCUT2D eigenvalue weighted by Crippen LogP contribution is 2.32. The molecule has 108 valence electrons. The van der Waals surface area contributed by atoms with Gasteiger partial charge in [0.25, 0.3) is 0 Å². The Morgan fingerprint density at radius 2 is 2.25 bits per heavy atom. The van der Waals surface area contributed by atoms with Gasteiger partial charge in [0.1, 0.15) is 0 Å². The maximum absolute atomic E-state index is 12.5. The second-order valence-corrected chi connectivity index (χ2v) is 6.28. The Balaban J connectivity index is 1.74. The number of halogens is 1. The van der Waals surface area contributed by atoms with E-state index >= 15 is 0 Å². The highest BCUT2D eigenvalue weighted by Gasteiger charge is 2.44. The number of hydrogen-bond acceptors (Lipinski definition) is 2. The van der Waals surface area contributed by atoms with Crippen LogP contribution in [0.4, 0.5) is 10.5 Å². The van der Waals surface area contributed by atoms with Gasteiger partial charge in [0.2, 0.25) is 0 Å². The van der Waals surface area contributed by atoms with Crippen molar-refractivity contribution in [3.63, 3.8) is 0 Å². The molecule has 20 heavy (non-hydrogen) atoms. The number of fused-ring (bicyclic) bond motifs is 1. The van der Waals surface area contributed by atoms with E-state index in [0.29, 0.717) is 23.0 Å². The first kappa shape index (κ1) is 13.7. The van der Waals surface area contributed by atoms with Crippen LogP contribution in [0.3, 0.4) is 0 Å². The maximum Gasteiger partial charge on any atom is 0.322 e. The summed E-state index contributed by atoms with van der Waals surface area (Å²) in [7, 11) is 0. The summed E-state index contributed by atoms with van der Waals surface area (Å²) in [5.41, 5.74) is 1.77. The highest BCUT2D eigenvalue weighted by molar-refractivity contribution is 6.31. The van der Waals surface area contributed by atoms with Crippen molar-refractivity contribution in [1.29, 1.82) is 0 Å². The summed E-state index contributed by atoms with van der Waals surface area (Å²) in [6.07, 6.45) is 1.08. The molecule has 2 N–H and O–H groups in total. The molecule has 1 aromatic rings. The lowest BCUT2D eigenvalue weighted by Gasteiger charge is -2.27. The number of nitrogens with zero attached hydrogens (tertiary/aromatic N) is 1. The Bertz CT molecular complexity index is 534. The van der Waals surface area contributed by atoms with Crippen LogP contribution in [0.5, 0.6) is 0 Å². The van der Waals surface area contributed by atoms with Crippen molar-refractivity contribution in [1.82, 2.24) is 10.2 Å². The zero-order valence-corrected chi connectivity index (χ0v) is 12.6. The smallest absolute Gasteiger partial charge is 0.317 e. The summed E-state index contributed by atoms with van der Waals surface area (Å²) >= 11 is 6.10. The molecule has 4 nitrogen and oxygen atoms in total. The molecule has 0 aliphatic carbocycles. The van der Waals surface area contributed by atoms with Crippen LogP contribution in [0, 0.1) is 12.8 Å². The molecule has 2 saturated heterocycles. The average Bonchev–Trinajstić information content (AvgIpc) is 2.93. The first-order chi connectivity index (χ1) is 9.56. The van der Waals surface area contributed by atoms with Crippen LogP contribution in [0.1, 0.15) is 18.9 Å². The SMILES string of the molecule is Cc1ccc(NC(=O)N2C(C)CC3CNCC32)cc1Cl. The molecule has 3 rings (SSSR count). The number of carbonyl (C=O) groups is 1. The van der Waals surface area contributed by atoms with Crippen molar-refractivity contribution >= 4 is 23.3 Å². The fourth-order valence-corrected chi connectivity index (χ4v) is 3.55. The van der Waals surface area contributed by atoms with Crippen LogP contribution in [0.25, 0.3) is 0 Å². The fourth-order valence-electron chi connectivity index (χ4n) is 3.37. The first-order valence-corrected chi connectivity index (χ1v) is 7.50. The normalized spacial score (nSPS) is 28.6. The van der Waals surface area contributed by atoms with Gasteiger partial charge in [-0.3, -0.25) is 0 Å². The molecule has 2 amide bonds. The van der Waals surface area contributed by atoms with Gasteiger partial charge < -0.3 is 15.5 Å². The molecular weight excluding hydrogens is 274 g/mol. The molecular formula is C15H20ClN3O. The quantitative estimate of drug-likeness (QED) is 0.836. The Labute approximate surface area is 124 Å². The molecule has 1 aromatic carbocycles. The van der Waals surface area contributed by atoms with Crippen LogP contribution in [-0.4, -0.2) is 36.1 Å². The molecule has 0 aromatic heterocycles. The summed E-state index contributed by atoms with van der Waals surface area (Å²) in [5.74, 6) is 0.595. The summed E-state index contributed by atoms with van der Waals surface area (Å²) in [6.45, 7) is 6.00. The Kier molecular flexibility index (Phi) is 3.61. The minimum atomic E-state index is -0.0198. The first-order valence-electron chi connectivity index (χ1n) is 7.12. The van der Waals surface area contributed by atoms with E-state index in [1.807, 2.05) is 24.0 Å². The average molecular weight is 294 g/mol. The molecule has 0 bridgehead atoms. The second-order valence-electron chi connectivity index (χ2n) is 5.87. The van der Waals surface area contributed by atoms with E-state index in [4.69, 9.17) is 11.6 Å². The van der Waals surface area contributed by atoms with Crippen LogP contribution in [0.15, 0.2) is 18.2 Å². The second kappa shape index (κ2) is 5.26. The van der Waals surface area contributed by atoms with Gasteiger partial charge in [-0.1, -0.05) is 17.7 Å². The summed E-state index contributed by atoms with van der Waals surface area (Å²) in [6, 6.07) is 6.22. The van der Waals surface area contributed by atoms with Gasteiger partial charge >= 0.3 is 6.03 Å². The lowest BCUT2D eigenvalue weighted by Crippen LogP contribution is -2.45. The number of benzene rings is 1. The number of nitrogens with one attached hydrogen (secondary N) is 2. The minimum Gasteiger partial charge on any atom is -0.317 e. The molecule has 3 unspecified atom stereocenters. The Hall–Kier alpha value is -1.26. The van der Waals surface area contributed by atoms with Gasteiger partial charge in [-0.15, -0.1) is 0 Å². The fraction of sp³-hybridized carbons (Fsp3) is 0.533. The van der Waals surface area contributed by atoms with Crippen molar-refractivity contribution in [2.24, 2.45) is 5.92 Å². The maximum atomic E-state index is 12.5. The lowest BCUT2D eigenvalue weighted by atomic mass is 10.0. The predicted molar refractivity (Wildman–Crippen MR) is 81.3 cm³/mol. The lowest BCUT2D eigenvalue weighted by molar-refractivity contribution is 0.190. The molecule has 0 spiro atoms. The van der Waals surface area contributed by atoms with Crippen LogP contribution in [-0.2, 0) is 0 Å². The number of aryl methyl sites for hydroxylation is 1. The number of anilines is 1. The monoisotopic (exact) mass is 293 g/mol.